The maximum absolute atomic E-state index is 11.9. The Kier molecular flexibility index (Phi) is 9.54. The average molecular weight is 356 g/mol. The minimum atomic E-state index is -1.36. The van der Waals surface area contributed by atoms with Crippen LogP contribution in [0, 0.1) is 0 Å². The molecule has 1 unspecified atom stereocenters. The first-order valence-corrected chi connectivity index (χ1v) is 8.91. The predicted octanol–water partition coefficient (Wildman–Crippen LogP) is 1.47. The van der Waals surface area contributed by atoms with Crippen LogP contribution >= 0.6 is 12.6 Å². The minimum absolute atomic E-state index is 0.293. The molecule has 0 fully saturated rings. The molecule has 0 aromatic heterocycles. The van der Waals surface area contributed by atoms with Crippen molar-refractivity contribution in [2.24, 2.45) is 0 Å². The van der Waals surface area contributed by atoms with Gasteiger partial charge < -0.3 is 20.3 Å². The van der Waals surface area contributed by atoms with Gasteiger partial charge in [0, 0.05) is 12.1 Å². The fourth-order valence-corrected chi connectivity index (χ4v) is 2.28. The molecule has 1 aromatic carbocycles. The van der Waals surface area contributed by atoms with Crippen LogP contribution in [0.5, 0.6) is 0 Å². The summed E-state index contributed by atoms with van der Waals surface area (Å²) in [7, 11) is 0. The van der Waals surface area contributed by atoms with Gasteiger partial charge in [0.1, 0.15) is 5.60 Å². The van der Waals surface area contributed by atoms with E-state index in [9.17, 15) is 15.0 Å². The normalized spacial score (nSPS) is 13.0. The molecule has 136 valence electrons. The van der Waals surface area contributed by atoms with E-state index in [4.69, 9.17) is 4.74 Å². The lowest BCUT2D eigenvalue weighted by atomic mass is 9.96. The van der Waals surface area contributed by atoms with Crippen molar-refractivity contribution in [2.45, 2.75) is 38.4 Å². The van der Waals surface area contributed by atoms with Crippen molar-refractivity contribution in [3.8, 4) is 0 Å². The Morgan fingerprint density at radius 2 is 2.00 bits per heavy atom. The zero-order valence-corrected chi connectivity index (χ0v) is 15.4. The van der Waals surface area contributed by atoms with E-state index in [1.165, 1.54) is 13.8 Å². The quantitative estimate of drug-likeness (QED) is 0.259. The zero-order valence-electron chi connectivity index (χ0n) is 14.5. The lowest BCUT2D eigenvalue weighted by Gasteiger charge is -2.15. The van der Waals surface area contributed by atoms with Crippen LogP contribution in [0.4, 0.5) is 0 Å². The summed E-state index contributed by atoms with van der Waals surface area (Å²) in [6.45, 7) is 5.12. The van der Waals surface area contributed by atoms with Crippen molar-refractivity contribution in [3.05, 3.63) is 35.4 Å². The Balaban J connectivity index is 2.25. The zero-order chi connectivity index (χ0) is 18.0. The fourth-order valence-electron chi connectivity index (χ4n) is 2.12. The number of carbonyl (C=O) groups excluding carboxylic acids is 1. The molecule has 0 saturated heterocycles. The number of ether oxygens (including phenoxy) is 1. The number of carbonyl (C=O) groups is 1. The molecule has 0 aliphatic heterocycles. The van der Waals surface area contributed by atoms with Gasteiger partial charge >= 0.3 is 0 Å². The molecule has 0 radical (unpaired) electrons. The highest BCUT2D eigenvalue weighted by molar-refractivity contribution is 7.80. The molecular formula is C18H29NO4S. The number of Topliss-reactive ketones (excluding diaryl/α,β-unsaturated/α-hetero) is 1. The van der Waals surface area contributed by atoms with Crippen molar-refractivity contribution in [3.63, 3.8) is 0 Å². The molecule has 5 nitrogen and oxygen atoms in total. The number of aliphatic hydroxyl groups is 2. The second-order valence-electron chi connectivity index (χ2n) is 6.35. The summed E-state index contributed by atoms with van der Waals surface area (Å²) in [5.74, 6) is 0.540. The molecular weight excluding hydrogens is 326 g/mol. The largest absolute Gasteiger partial charge is 0.389 e. The second kappa shape index (κ2) is 10.8. The number of thiol groups is 1. The van der Waals surface area contributed by atoms with Crippen LogP contribution in [0.3, 0.4) is 0 Å². The van der Waals surface area contributed by atoms with Gasteiger partial charge in [-0.2, -0.15) is 12.6 Å². The molecule has 0 aliphatic carbocycles. The van der Waals surface area contributed by atoms with Crippen molar-refractivity contribution in [2.75, 3.05) is 32.1 Å². The second-order valence-corrected chi connectivity index (χ2v) is 6.79. The number of aliphatic hydroxyl groups excluding tert-OH is 1. The number of nitrogens with one attached hydrogen (secondary N) is 1. The van der Waals surface area contributed by atoms with Crippen molar-refractivity contribution in [1.29, 1.82) is 0 Å². The lowest BCUT2D eigenvalue weighted by molar-refractivity contribution is 0.0385. The maximum Gasteiger partial charge on any atom is 0.193 e. The summed E-state index contributed by atoms with van der Waals surface area (Å²) >= 11 is 4.12. The summed E-state index contributed by atoms with van der Waals surface area (Å²) in [5, 5.41) is 22.6. The van der Waals surface area contributed by atoms with E-state index in [1.807, 2.05) is 12.1 Å². The van der Waals surface area contributed by atoms with Crippen molar-refractivity contribution >= 4 is 18.4 Å². The Hall–Kier alpha value is -0.920. The van der Waals surface area contributed by atoms with Crippen molar-refractivity contribution in [1.82, 2.24) is 5.32 Å². The number of hydrogen-bond acceptors (Lipinski definition) is 6. The van der Waals surface area contributed by atoms with Gasteiger partial charge in [0.2, 0.25) is 0 Å². The van der Waals surface area contributed by atoms with Crippen molar-refractivity contribution < 1.29 is 19.7 Å². The Morgan fingerprint density at radius 1 is 1.33 bits per heavy atom. The third-order valence-corrected chi connectivity index (χ3v) is 3.82. The molecule has 0 saturated carbocycles. The number of rotatable bonds is 12. The molecule has 0 amide bonds. The summed E-state index contributed by atoms with van der Waals surface area (Å²) in [4.78, 5) is 11.9. The molecule has 24 heavy (non-hydrogen) atoms. The first-order valence-electron chi connectivity index (χ1n) is 8.28. The molecule has 1 rings (SSSR count). The SMILES string of the molecule is CC(C)(O)C(=O)c1ccc(CCOCC(O)CNCCCS)cc1. The predicted molar refractivity (Wildman–Crippen MR) is 98.9 cm³/mol. The summed E-state index contributed by atoms with van der Waals surface area (Å²) in [6.07, 6.45) is 1.16. The van der Waals surface area contributed by atoms with E-state index < -0.39 is 11.7 Å². The standard InChI is InChI=1S/C18H29NO4S/c1-18(2,22)17(21)15-6-4-14(5-7-15)8-10-23-13-16(20)12-19-9-3-11-24/h4-7,16,19-20,22,24H,3,8-13H2,1-2H3. The smallest absolute Gasteiger partial charge is 0.193 e. The summed E-state index contributed by atoms with van der Waals surface area (Å²) in [6, 6.07) is 7.15. The molecule has 1 atom stereocenters. The Labute approximate surface area is 149 Å². The van der Waals surface area contributed by atoms with Crippen LogP contribution in [0.25, 0.3) is 0 Å². The molecule has 0 spiro atoms. The third-order valence-electron chi connectivity index (χ3n) is 3.51. The number of hydrogen-bond donors (Lipinski definition) is 4. The van der Waals surface area contributed by atoms with E-state index in [1.54, 1.807) is 12.1 Å². The lowest BCUT2D eigenvalue weighted by Crippen LogP contribution is -2.31. The Bertz CT molecular complexity index is 485. The molecule has 0 heterocycles. The third kappa shape index (κ3) is 8.26. The van der Waals surface area contributed by atoms with Gasteiger partial charge in [0.15, 0.2) is 5.78 Å². The summed E-state index contributed by atoms with van der Waals surface area (Å²) in [5.41, 5.74) is 0.181. The van der Waals surface area contributed by atoms with Crippen LogP contribution in [0.2, 0.25) is 0 Å². The van der Waals surface area contributed by atoms with Gasteiger partial charge in [-0.1, -0.05) is 24.3 Å². The van der Waals surface area contributed by atoms with E-state index in [0.29, 0.717) is 31.7 Å². The van der Waals surface area contributed by atoms with Crippen LogP contribution < -0.4 is 5.32 Å². The number of benzene rings is 1. The Morgan fingerprint density at radius 3 is 2.58 bits per heavy atom. The molecule has 0 bridgehead atoms. The summed E-state index contributed by atoms with van der Waals surface area (Å²) < 4.78 is 5.48. The van der Waals surface area contributed by atoms with Gasteiger partial charge in [-0.15, -0.1) is 0 Å². The minimum Gasteiger partial charge on any atom is -0.389 e. The highest BCUT2D eigenvalue weighted by Gasteiger charge is 2.24. The first-order chi connectivity index (χ1) is 11.3. The van der Waals surface area contributed by atoms with E-state index in [2.05, 4.69) is 17.9 Å². The average Bonchev–Trinajstić information content (AvgIpc) is 2.55. The van der Waals surface area contributed by atoms with Gasteiger partial charge in [-0.05, 0) is 44.6 Å². The van der Waals surface area contributed by atoms with Crippen LogP contribution in [-0.4, -0.2) is 59.8 Å². The van der Waals surface area contributed by atoms with E-state index >= 15 is 0 Å². The molecule has 3 N–H and O–H groups in total. The molecule has 0 aliphatic rings. The van der Waals surface area contributed by atoms with Gasteiger partial charge in [-0.25, -0.2) is 0 Å². The first kappa shape index (κ1) is 21.1. The maximum atomic E-state index is 11.9. The van der Waals surface area contributed by atoms with Crippen LogP contribution in [0.1, 0.15) is 36.2 Å². The molecule has 6 heteroatoms. The highest BCUT2D eigenvalue weighted by atomic mass is 32.1. The van der Waals surface area contributed by atoms with Crippen LogP contribution in [0.15, 0.2) is 24.3 Å². The van der Waals surface area contributed by atoms with Crippen LogP contribution in [-0.2, 0) is 11.2 Å². The molecule has 1 aromatic rings. The van der Waals surface area contributed by atoms with Gasteiger partial charge in [0.05, 0.1) is 19.3 Å². The number of ketones is 1. The van der Waals surface area contributed by atoms with E-state index in [-0.39, 0.29) is 5.78 Å². The highest BCUT2D eigenvalue weighted by Crippen LogP contribution is 2.13. The van der Waals surface area contributed by atoms with Gasteiger partial charge in [-0.3, -0.25) is 4.79 Å². The fraction of sp³-hybridized carbons (Fsp3) is 0.611. The van der Waals surface area contributed by atoms with E-state index in [0.717, 1.165) is 24.3 Å². The topological polar surface area (TPSA) is 78.8 Å². The monoisotopic (exact) mass is 355 g/mol. The van der Waals surface area contributed by atoms with Gasteiger partial charge in [0.25, 0.3) is 0 Å².